The topological polar surface area (TPSA) is 56.0 Å². The second-order valence-corrected chi connectivity index (χ2v) is 7.61. The van der Waals surface area contributed by atoms with Crippen LogP contribution < -0.4 is 0 Å². The van der Waals surface area contributed by atoms with Crippen LogP contribution in [0.5, 0.6) is 0 Å². The van der Waals surface area contributed by atoms with E-state index in [-0.39, 0.29) is 11.5 Å². The number of Topliss-reactive ketones (excluding diaryl/α,β-unsaturated/α-hetero) is 1. The van der Waals surface area contributed by atoms with Crippen molar-refractivity contribution in [2.75, 3.05) is 5.75 Å². The molecule has 0 aliphatic heterocycles. The van der Waals surface area contributed by atoms with Gasteiger partial charge < -0.3 is 4.42 Å². The van der Waals surface area contributed by atoms with Crippen LogP contribution in [-0.4, -0.2) is 21.7 Å². The zero-order chi connectivity index (χ0) is 18.7. The molecule has 0 amide bonds. The minimum Gasteiger partial charge on any atom is -0.411 e. The summed E-state index contributed by atoms with van der Waals surface area (Å²) < 4.78 is 5.70. The second-order valence-electron chi connectivity index (χ2n) is 6.68. The van der Waals surface area contributed by atoms with Crippen molar-refractivity contribution in [1.82, 2.24) is 10.2 Å². The lowest BCUT2D eigenvalue weighted by Gasteiger charge is -2.05. The molecule has 26 heavy (non-hydrogen) atoms. The molecule has 3 aromatic rings. The Balaban J connectivity index is 1.67. The van der Waals surface area contributed by atoms with E-state index in [4.69, 9.17) is 4.42 Å². The van der Waals surface area contributed by atoms with Crippen molar-refractivity contribution >= 4 is 17.5 Å². The number of carbonyl (C=O) groups is 1. The molecule has 0 radical (unpaired) electrons. The highest BCUT2D eigenvalue weighted by atomic mass is 32.2. The van der Waals surface area contributed by atoms with Gasteiger partial charge in [0, 0.05) is 11.1 Å². The summed E-state index contributed by atoms with van der Waals surface area (Å²) in [6.45, 7) is 8.24. The number of thioether (sulfide) groups is 1. The molecule has 2 aromatic carbocycles. The highest BCUT2D eigenvalue weighted by Gasteiger charge is 2.14. The Hall–Kier alpha value is -2.40. The molecule has 5 heteroatoms. The van der Waals surface area contributed by atoms with E-state index in [9.17, 15) is 4.79 Å². The number of rotatable bonds is 6. The first-order valence-corrected chi connectivity index (χ1v) is 9.59. The highest BCUT2D eigenvalue weighted by molar-refractivity contribution is 7.99. The molecule has 3 rings (SSSR count). The van der Waals surface area contributed by atoms with Gasteiger partial charge >= 0.3 is 0 Å². The van der Waals surface area contributed by atoms with E-state index >= 15 is 0 Å². The van der Waals surface area contributed by atoms with Gasteiger partial charge in [-0.3, -0.25) is 4.79 Å². The zero-order valence-corrected chi connectivity index (χ0v) is 16.3. The van der Waals surface area contributed by atoms with Crippen LogP contribution in [0.1, 0.15) is 46.8 Å². The molecule has 0 fully saturated rings. The summed E-state index contributed by atoms with van der Waals surface area (Å²) in [4.78, 5) is 12.5. The average Bonchev–Trinajstić information content (AvgIpc) is 3.11. The smallest absolute Gasteiger partial charge is 0.277 e. The number of aromatic nitrogens is 2. The third kappa shape index (κ3) is 4.22. The lowest BCUT2D eigenvalue weighted by Crippen LogP contribution is -2.05. The monoisotopic (exact) mass is 366 g/mol. The molecule has 4 nitrogen and oxygen atoms in total. The number of hydrogen-bond acceptors (Lipinski definition) is 5. The Morgan fingerprint density at radius 1 is 1.08 bits per heavy atom. The Labute approximate surface area is 158 Å². The van der Waals surface area contributed by atoms with E-state index in [0.29, 0.717) is 17.0 Å². The molecule has 0 spiro atoms. The molecule has 1 heterocycles. The molecular formula is C21H22N2O2S. The van der Waals surface area contributed by atoms with Crippen molar-refractivity contribution < 1.29 is 9.21 Å². The molecular weight excluding hydrogens is 344 g/mol. The largest absolute Gasteiger partial charge is 0.411 e. The van der Waals surface area contributed by atoms with Crippen LogP contribution >= 0.6 is 11.8 Å². The summed E-state index contributed by atoms with van der Waals surface area (Å²) in [7, 11) is 0. The van der Waals surface area contributed by atoms with Gasteiger partial charge in [-0.05, 0) is 49.1 Å². The van der Waals surface area contributed by atoms with Crippen LogP contribution in [0, 0.1) is 13.8 Å². The second kappa shape index (κ2) is 7.87. The predicted molar refractivity (Wildman–Crippen MR) is 105 cm³/mol. The van der Waals surface area contributed by atoms with Gasteiger partial charge in [0.15, 0.2) is 5.78 Å². The molecule has 0 N–H and O–H groups in total. The van der Waals surface area contributed by atoms with Gasteiger partial charge in [0.25, 0.3) is 5.22 Å². The standard InChI is InChI=1S/C21H22N2O2S/c1-13(2)16-7-9-17(10-8-16)20-22-23-21(25-20)26-12-19(24)18-11-14(3)5-6-15(18)4/h5-11,13H,12H2,1-4H3. The van der Waals surface area contributed by atoms with Crippen molar-refractivity contribution in [1.29, 1.82) is 0 Å². The maximum Gasteiger partial charge on any atom is 0.277 e. The maximum atomic E-state index is 12.5. The Morgan fingerprint density at radius 2 is 1.81 bits per heavy atom. The average molecular weight is 366 g/mol. The van der Waals surface area contributed by atoms with Crippen LogP contribution in [0.2, 0.25) is 0 Å². The van der Waals surface area contributed by atoms with Crippen LogP contribution in [0.4, 0.5) is 0 Å². The predicted octanol–water partition coefficient (Wildman–Crippen LogP) is 5.45. The van der Waals surface area contributed by atoms with E-state index in [0.717, 1.165) is 22.3 Å². The fourth-order valence-corrected chi connectivity index (χ4v) is 3.28. The van der Waals surface area contributed by atoms with Gasteiger partial charge in [-0.2, -0.15) is 0 Å². The third-order valence-electron chi connectivity index (χ3n) is 4.25. The van der Waals surface area contributed by atoms with E-state index in [1.807, 2.05) is 44.2 Å². The lowest BCUT2D eigenvalue weighted by molar-refractivity contribution is 0.102. The third-order valence-corrected chi connectivity index (χ3v) is 5.07. The van der Waals surface area contributed by atoms with Gasteiger partial charge in [-0.25, -0.2) is 0 Å². The molecule has 0 aliphatic carbocycles. The molecule has 0 bridgehead atoms. The number of ketones is 1. The Morgan fingerprint density at radius 3 is 2.50 bits per heavy atom. The zero-order valence-electron chi connectivity index (χ0n) is 15.4. The van der Waals surface area contributed by atoms with Crippen LogP contribution in [0.3, 0.4) is 0 Å². The van der Waals surface area contributed by atoms with Crippen molar-refractivity contribution in [3.8, 4) is 11.5 Å². The van der Waals surface area contributed by atoms with Crippen molar-refractivity contribution in [2.45, 2.75) is 38.8 Å². The van der Waals surface area contributed by atoms with E-state index in [1.54, 1.807) is 0 Å². The van der Waals surface area contributed by atoms with Crippen molar-refractivity contribution in [2.24, 2.45) is 0 Å². The fraction of sp³-hybridized carbons (Fsp3) is 0.286. The van der Waals surface area contributed by atoms with Gasteiger partial charge in [0.05, 0.1) is 5.75 Å². The molecule has 0 saturated carbocycles. The van der Waals surface area contributed by atoms with E-state index < -0.39 is 0 Å². The first kappa shape index (κ1) is 18.4. The van der Waals surface area contributed by atoms with Crippen molar-refractivity contribution in [3.63, 3.8) is 0 Å². The minimum atomic E-state index is 0.0669. The summed E-state index contributed by atoms with van der Waals surface area (Å²) in [5, 5.41) is 8.55. The number of benzene rings is 2. The molecule has 1 aromatic heterocycles. The number of hydrogen-bond donors (Lipinski definition) is 0. The summed E-state index contributed by atoms with van der Waals surface area (Å²) in [6.07, 6.45) is 0. The quantitative estimate of drug-likeness (QED) is 0.429. The molecule has 0 atom stereocenters. The number of aryl methyl sites for hydroxylation is 2. The molecule has 134 valence electrons. The number of carbonyl (C=O) groups excluding carboxylic acids is 1. The number of nitrogens with zero attached hydrogens (tertiary/aromatic N) is 2. The van der Waals surface area contributed by atoms with E-state index in [2.05, 4.69) is 36.2 Å². The summed E-state index contributed by atoms with van der Waals surface area (Å²) in [6, 6.07) is 14.0. The van der Waals surface area contributed by atoms with Gasteiger partial charge in [-0.1, -0.05) is 55.4 Å². The summed E-state index contributed by atoms with van der Waals surface area (Å²) in [5.41, 5.74) is 4.96. The Kier molecular flexibility index (Phi) is 5.57. The summed E-state index contributed by atoms with van der Waals surface area (Å²) in [5.74, 6) is 1.30. The van der Waals surface area contributed by atoms with Gasteiger partial charge in [-0.15, -0.1) is 10.2 Å². The fourth-order valence-electron chi connectivity index (χ4n) is 2.64. The van der Waals surface area contributed by atoms with Gasteiger partial charge in [0.1, 0.15) is 0 Å². The molecule has 0 unspecified atom stereocenters. The van der Waals surface area contributed by atoms with Crippen LogP contribution in [0.15, 0.2) is 52.1 Å². The summed E-state index contributed by atoms with van der Waals surface area (Å²) >= 11 is 1.27. The molecule has 0 aliphatic rings. The van der Waals surface area contributed by atoms with E-state index in [1.165, 1.54) is 17.3 Å². The highest BCUT2D eigenvalue weighted by Crippen LogP contribution is 2.25. The normalized spacial score (nSPS) is 11.1. The maximum absolute atomic E-state index is 12.5. The van der Waals surface area contributed by atoms with Crippen LogP contribution in [-0.2, 0) is 0 Å². The SMILES string of the molecule is Cc1ccc(C)c(C(=O)CSc2nnc(-c3ccc(C(C)C)cc3)o2)c1. The first-order chi connectivity index (χ1) is 12.4. The Bertz CT molecular complexity index is 914. The minimum absolute atomic E-state index is 0.0669. The molecule has 0 saturated heterocycles. The van der Waals surface area contributed by atoms with Crippen LogP contribution in [0.25, 0.3) is 11.5 Å². The van der Waals surface area contributed by atoms with Gasteiger partial charge in [0.2, 0.25) is 5.89 Å². The first-order valence-electron chi connectivity index (χ1n) is 8.61. The van der Waals surface area contributed by atoms with Crippen molar-refractivity contribution in [3.05, 3.63) is 64.7 Å². The lowest BCUT2D eigenvalue weighted by atomic mass is 10.0.